The quantitative estimate of drug-likeness (QED) is 0.876. The molecule has 1 aliphatic heterocycles. The number of amides is 1. The summed E-state index contributed by atoms with van der Waals surface area (Å²) < 4.78 is 5.16. The molecule has 0 bridgehead atoms. The summed E-state index contributed by atoms with van der Waals surface area (Å²) in [4.78, 5) is 12.7. The van der Waals surface area contributed by atoms with Gasteiger partial charge in [-0.25, -0.2) is 0 Å². The van der Waals surface area contributed by atoms with Gasteiger partial charge in [-0.2, -0.15) is 0 Å². The zero-order chi connectivity index (χ0) is 15.3. The van der Waals surface area contributed by atoms with Crippen LogP contribution in [0, 0.1) is 5.41 Å². The average molecular weight is 290 g/mol. The number of rotatable bonds is 5. The lowest BCUT2D eigenvalue weighted by Crippen LogP contribution is -2.47. The molecule has 1 saturated heterocycles. The summed E-state index contributed by atoms with van der Waals surface area (Å²) in [5, 5.41) is 6.52. The number of hydrogen-bond acceptors (Lipinski definition) is 3. The van der Waals surface area contributed by atoms with E-state index in [1.807, 2.05) is 31.2 Å². The molecule has 1 fully saturated rings. The predicted molar refractivity (Wildman–Crippen MR) is 84.4 cm³/mol. The van der Waals surface area contributed by atoms with Crippen molar-refractivity contribution in [2.45, 2.75) is 39.2 Å². The van der Waals surface area contributed by atoms with Crippen molar-refractivity contribution in [1.29, 1.82) is 0 Å². The van der Waals surface area contributed by atoms with Gasteiger partial charge in [0, 0.05) is 0 Å². The molecular weight excluding hydrogens is 264 g/mol. The second kappa shape index (κ2) is 6.94. The molecule has 2 rings (SSSR count). The number of nitrogens with one attached hydrogen (secondary N) is 2. The Morgan fingerprint density at radius 3 is 2.48 bits per heavy atom. The lowest BCUT2D eigenvalue weighted by atomic mass is 9.75. The Morgan fingerprint density at radius 1 is 1.33 bits per heavy atom. The maximum Gasteiger partial charge on any atom is 0.226 e. The summed E-state index contributed by atoms with van der Waals surface area (Å²) in [6, 6.07) is 7.88. The van der Waals surface area contributed by atoms with Gasteiger partial charge < -0.3 is 15.4 Å². The zero-order valence-electron chi connectivity index (χ0n) is 13.2. The van der Waals surface area contributed by atoms with E-state index in [1.165, 1.54) is 0 Å². The summed E-state index contributed by atoms with van der Waals surface area (Å²) in [7, 11) is 1.66. The Morgan fingerprint density at radius 2 is 1.95 bits per heavy atom. The van der Waals surface area contributed by atoms with E-state index in [0.29, 0.717) is 0 Å². The normalized spacial score (nSPS) is 18.8. The summed E-state index contributed by atoms with van der Waals surface area (Å²) in [6.07, 6.45) is 2.74. The first-order chi connectivity index (χ1) is 10.1. The highest BCUT2D eigenvalue weighted by molar-refractivity contribution is 5.83. The van der Waals surface area contributed by atoms with Gasteiger partial charge in [-0.05, 0) is 57.0 Å². The number of ether oxygens (including phenoxy) is 1. The second-order valence-corrected chi connectivity index (χ2v) is 5.85. The van der Waals surface area contributed by atoms with Crippen LogP contribution in [0.4, 0.5) is 0 Å². The first kappa shape index (κ1) is 15.8. The average Bonchev–Trinajstić information content (AvgIpc) is 2.55. The Bertz CT molecular complexity index is 464. The van der Waals surface area contributed by atoms with Crippen LogP contribution in [0.15, 0.2) is 24.3 Å². The molecule has 0 saturated carbocycles. The monoisotopic (exact) mass is 290 g/mol. The molecule has 0 unspecified atom stereocenters. The van der Waals surface area contributed by atoms with Crippen molar-refractivity contribution in [3.05, 3.63) is 29.8 Å². The minimum absolute atomic E-state index is 0.0155. The van der Waals surface area contributed by atoms with Crippen molar-refractivity contribution in [2.75, 3.05) is 20.2 Å². The van der Waals surface area contributed by atoms with Crippen LogP contribution in [-0.2, 0) is 4.79 Å². The van der Waals surface area contributed by atoms with E-state index >= 15 is 0 Å². The molecule has 0 spiro atoms. The van der Waals surface area contributed by atoms with Crippen LogP contribution >= 0.6 is 0 Å². The van der Waals surface area contributed by atoms with Crippen LogP contribution in [0.25, 0.3) is 0 Å². The highest BCUT2D eigenvalue weighted by Gasteiger charge is 2.38. The van der Waals surface area contributed by atoms with E-state index in [-0.39, 0.29) is 17.4 Å². The molecule has 0 aliphatic carbocycles. The zero-order valence-corrected chi connectivity index (χ0v) is 13.2. The number of hydrogen-bond donors (Lipinski definition) is 2. The molecule has 1 aromatic carbocycles. The van der Waals surface area contributed by atoms with Gasteiger partial charge in [0.05, 0.1) is 18.6 Å². The van der Waals surface area contributed by atoms with E-state index < -0.39 is 0 Å². The molecule has 1 heterocycles. The summed E-state index contributed by atoms with van der Waals surface area (Å²) in [5.74, 6) is 1.02. The van der Waals surface area contributed by atoms with Crippen LogP contribution in [0.5, 0.6) is 5.75 Å². The van der Waals surface area contributed by atoms with Crippen molar-refractivity contribution in [2.24, 2.45) is 5.41 Å². The molecule has 1 aromatic rings. The molecule has 4 nitrogen and oxygen atoms in total. The summed E-state index contributed by atoms with van der Waals surface area (Å²) in [5.41, 5.74) is 0.899. The molecule has 0 radical (unpaired) electrons. The number of benzene rings is 1. The molecule has 2 N–H and O–H groups in total. The highest BCUT2D eigenvalue weighted by Crippen LogP contribution is 2.33. The smallest absolute Gasteiger partial charge is 0.226 e. The number of carbonyl (C=O) groups is 1. The minimum atomic E-state index is -0.202. The van der Waals surface area contributed by atoms with Gasteiger partial charge in [0.25, 0.3) is 0 Å². The van der Waals surface area contributed by atoms with Crippen molar-refractivity contribution in [3.8, 4) is 5.75 Å². The molecule has 21 heavy (non-hydrogen) atoms. The van der Waals surface area contributed by atoms with Crippen LogP contribution in [0.1, 0.15) is 44.7 Å². The van der Waals surface area contributed by atoms with Crippen LogP contribution in [-0.4, -0.2) is 26.1 Å². The lowest BCUT2D eigenvalue weighted by molar-refractivity contribution is -0.133. The molecule has 4 heteroatoms. The highest BCUT2D eigenvalue weighted by atomic mass is 16.5. The molecule has 116 valence electrons. The van der Waals surface area contributed by atoms with Gasteiger partial charge in [0.1, 0.15) is 5.75 Å². The standard InChI is InChI=1S/C17H26N2O2/c1-4-17(9-11-18-12-10-17)16(20)19-13(2)14-5-7-15(21-3)8-6-14/h5-8,13,18H,4,9-12H2,1-3H3,(H,19,20)/t13-/m1/s1. The fourth-order valence-electron chi connectivity index (χ4n) is 2.97. The topological polar surface area (TPSA) is 50.4 Å². The molecule has 0 aromatic heterocycles. The van der Waals surface area contributed by atoms with Crippen molar-refractivity contribution in [3.63, 3.8) is 0 Å². The maximum atomic E-state index is 12.7. The molecule has 1 atom stereocenters. The fraction of sp³-hybridized carbons (Fsp3) is 0.588. The predicted octanol–water partition coefficient (Wildman–Crippen LogP) is 2.65. The third-order valence-electron chi connectivity index (χ3n) is 4.68. The Hall–Kier alpha value is -1.55. The largest absolute Gasteiger partial charge is 0.497 e. The van der Waals surface area contributed by atoms with Crippen LogP contribution in [0.2, 0.25) is 0 Å². The Kier molecular flexibility index (Phi) is 5.23. The van der Waals surface area contributed by atoms with Gasteiger partial charge in [-0.3, -0.25) is 4.79 Å². The van der Waals surface area contributed by atoms with Crippen LogP contribution < -0.4 is 15.4 Å². The third-order valence-corrected chi connectivity index (χ3v) is 4.68. The second-order valence-electron chi connectivity index (χ2n) is 5.85. The van der Waals surface area contributed by atoms with E-state index in [1.54, 1.807) is 7.11 Å². The maximum absolute atomic E-state index is 12.7. The van der Waals surface area contributed by atoms with Crippen LogP contribution in [0.3, 0.4) is 0 Å². The number of piperidine rings is 1. The van der Waals surface area contributed by atoms with Gasteiger partial charge in [0.15, 0.2) is 0 Å². The lowest BCUT2D eigenvalue weighted by Gasteiger charge is -2.36. The third kappa shape index (κ3) is 3.56. The fourth-order valence-corrected chi connectivity index (χ4v) is 2.97. The van der Waals surface area contributed by atoms with Gasteiger partial charge in [-0.1, -0.05) is 19.1 Å². The number of carbonyl (C=O) groups excluding carboxylic acids is 1. The van der Waals surface area contributed by atoms with Crippen molar-refractivity contribution >= 4 is 5.91 Å². The molecule has 1 aliphatic rings. The van der Waals surface area contributed by atoms with Gasteiger partial charge in [-0.15, -0.1) is 0 Å². The SMILES string of the molecule is CCC1(C(=O)N[C@H](C)c2ccc(OC)cc2)CCNCC1. The first-order valence-corrected chi connectivity index (χ1v) is 7.77. The van der Waals surface area contributed by atoms with E-state index in [2.05, 4.69) is 17.6 Å². The van der Waals surface area contributed by atoms with E-state index in [4.69, 9.17) is 4.74 Å². The van der Waals surface area contributed by atoms with Crippen molar-refractivity contribution < 1.29 is 9.53 Å². The summed E-state index contributed by atoms with van der Waals surface area (Å²) >= 11 is 0. The van der Waals surface area contributed by atoms with Gasteiger partial charge in [0.2, 0.25) is 5.91 Å². The Balaban J connectivity index is 2.03. The molecule has 1 amide bonds. The van der Waals surface area contributed by atoms with Gasteiger partial charge >= 0.3 is 0 Å². The summed E-state index contributed by atoms with van der Waals surface area (Å²) in [6.45, 7) is 6.00. The first-order valence-electron chi connectivity index (χ1n) is 7.77. The Labute approximate surface area is 127 Å². The number of methoxy groups -OCH3 is 1. The van der Waals surface area contributed by atoms with E-state index in [9.17, 15) is 4.79 Å². The van der Waals surface area contributed by atoms with Crippen molar-refractivity contribution in [1.82, 2.24) is 10.6 Å². The molecular formula is C17H26N2O2. The van der Waals surface area contributed by atoms with E-state index in [0.717, 1.165) is 43.7 Å². The minimum Gasteiger partial charge on any atom is -0.497 e.